The first-order chi connectivity index (χ1) is 14.2. The van der Waals surface area contributed by atoms with Gasteiger partial charge < -0.3 is 9.32 Å². The largest absolute Gasteiger partial charge is 0.452 e. The average molecular weight is 475 g/mol. The van der Waals surface area contributed by atoms with Gasteiger partial charge >= 0.3 is 5.69 Å². The van der Waals surface area contributed by atoms with Crippen LogP contribution >= 0.6 is 15.9 Å². The molecule has 0 unspecified atom stereocenters. The minimum atomic E-state index is -0.595. The maximum atomic E-state index is 13.3. The molecule has 9 heteroatoms. The van der Waals surface area contributed by atoms with Crippen LogP contribution in [0.1, 0.15) is 54.4 Å². The van der Waals surface area contributed by atoms with E-state index in [4.69, 9.17) is 4.42 Å². The maximum Gasteiger partial charge on any atom is 0.330 e. The summed E-state index contributed by atoms with van der Waals surface area (Å²) >= 11 is 3.26. The van der Waals surface area contributed by atoms with Gasteiger partial charge in [-0.3, -0.25) is 19.1 Å². The minimum absolute atomic E-state index is 0.150. The highest BCUT2D eigenvalue weighted by atomic mass is 79.9. The van der Waals surface area contributed by atoms with Crippen molar-refractivity contribution < 1.29 is 9.21 Å². The number of amides is 1. The van der Waals surface area contributed by atoms with E-state index in [2.05, 4.69) is 25.9 Å². The molecule has 3 aromatic heterocycles. The fourth-order valence-corrected chi connectivity index (χ4v) is 3.87. The number of hydrogen-bond donors (Lipinski definition) is 1. The van der Waals surface area contributed by atoms with E-state index in [1.54, 1.807) is 25.2 Å². The molecule has 0 spiro atoms. The molecule has 4 rings (SSSR count). The van der Waals surface area contributed by atoms with Gasteiger partial charge in [-0.1, -0.05) is 13.8 Å². The summed E-state index contributed by atoms with van der Waals surface area (Å²) in [5.74, 6) is 0.720. The van der Waals surface area contributed by atoms with Crippen LogP contribution in [-0.2, 0) is 13.1 Å². The standard InChI is InChI=1S/C21H23BrN4O4/c1-11(2)9-26-18-17(19(27)24-21(26)29)14(8-15(23-18)12-4-5-12)20(28)25(3)10-13-6-7-16(22)30-13/h6-8,11-12H,4-5,9-10H2,1-3H3,(H,24,27,29). The van der Waals surface area contributed by atoms with Crippen molar-refractivity contribution in [2.75, 3.05) is 7.05 Å². The number of furan rings is 1. The lowest BCUT2D eigenvalue weighted by atomic mass is 10.1. The molecule has 1 fully saturated rings. The molecule has 0 bridgehead atoms. The Hall–Kier alpha value is -2.68. The molecule has 0 radical (unpaired) electrons. The summed E-state index contributed by atoms with van der Waals surface area (Å²) in [5.41, 5.74) is 0.187. The fraction of sp³-hybridized carbons (Fsp3) is 0.429. The number of carbonyl (C=O) groups is 1. The molecular formula is C21H23BrN4O4. The molecule has 3 heterocycles. The van der Waals surface area contributed by atoms with Crippen LogP contribution in [0.3, 0.4) is 0 Å². The lowest BCUT2D eigenvalue weighted by Crippen LogP contribution is -2.34. The predicted molar refractivity (Wildman–Crippen MR) is 116 cm³/mol. The lowest BCUT2D eigenvalue weighted by Gasteiger charge is -2.19. The number of nitrogens with zero attached hydrogens (tertiary/aromatic N) is 3. The summed E-state index contributed by atoms with van der Waals surface area (Å²) in [4.78, 5) is 47.1. The van der Waals surface area contributed by atoms with Gasteiger partial charge in [-0.15, -0.1) is 0 Å². The van der Waals surface area contributed by atoms with Gasteiger partial charge in [0.05, 0.1) is 17.5 Å². The van der Waals surface area contributed by atoms with Crippen molar-refractivity contribution in [3.05, 3.63) is 60.7 Å². The number of rotatable bonds is 6. The van der Waals surface area contributed by atoms with Crippen LogP contribution in [0, 0.1) is 5.92 Å². The van der Waals surface area contributed by atoms with Crippen molar-refractivity contribution in [1.82, 2.24) is 19.4 Å². The number of aromatic nitrogens is 3. The van der Waals surface area contributed by atoms with E-state index in [-0.39, 0.29) is 40.9 Å². The quantitative estimate of drug-likeness (QED) is 0.590. The predicted octanol–water partition coefficient (Wildman–Crippen LogP) is 3.25. The molecule has 1 saturated carbocycles. The lowest BCUT2D eigenvalue weighted by molar-refractivity contribution is 0.0776. The van der Waals surface area contributed by atoms with Crippen LogP contribution in [0.2, 0.25) is 0 Å². The summed E-state index contributed by atoms with van der Waals surface area (Å²) in [7, 11) is 1.65. The molecule has 1 aliphatic carbocycles. The third-order valence-corrected chi connectivity index (χ3v) is 5.54. The zero-order valence-corrected chi connectivity index (χ0v) is 18.7. The maximum absolute atomic E-state index is 13.3. The highest BCUT2D eigenvalue weighted by Gasteiger charge is 2.29. The molecule has 1 N–H and O–H groups in total. The van der Waals surface area contributed by atoms with Gasteiger partial charge in [0.15, 0.2) is 10.3 Å². The van der Waals surface area contributed by atoms with Gasteiger partial charge in [-0.2, -0.15) is 0 Å². The molecule has 158 valence electrons. The minimum Gasteiger partial charge on any atom is -0.452 e. The Labute approximate surface area is 181 Å². The second kappa shape index (κ2) is 7.86. The monoisotopic (exact) mass is 474 g/mol. The van der Waals surface area contributed by atoms with Crippen LogP contribution in [0.25, 0.3) is 11.0 Å². The first kappa shape index (κ1) is 20.6. The Balaban J connectivity index is 1.86. The average Bonchev–Trinajstić information content (AvgIpc) is 3.46. The van der Waals surface area contributed by atoms with E-state index in [1.807, 2.05) is 13.8 Å². The number of hydrogen-bond acceptors (Lipinski definition) is 5. The van der Waals surface area contributed by atoms with Crippen LogP contribution in [-0.4, -0.2) is 32.4 Å². The number of carbonyl (C=O) groups excluding carboxylic acids is 1. The molecule has 0 atom stereocenters. The van der Waals surface area contributed by atoms with Gasteiger partial charge in [0.1, 0.15) is 5.76 Å². The second-order valence-electron chi connectivity index (χ2n) is 8.20. The zero-order valence-electron chi connectivity index (χ0n) is 17.1. The first-order valence-electron chi connectivity index (χ1n) is 9.92. The van der Waals surface area contributed by atoms with E-state index < -0.39 is 11.2 Å². The van der Waals surface area contributed by atoms with Crippen LogP contribution < -0.4 is 11.2 Å². The summed E-state index contributed by atoms with van der Waals surface area (Å²) in [5, 5.41) is 0.150. The molecule has 8 nitrogen and oxygen atoms in total. The Morgan fingerprint density at radius 1 is 1.37 bits per heavy atom. The fourth-order valence-electron chi connectivity index (χ4n) is 3.53. The van der Waals surface area contributed by atoms with Crippen molar-refractivity contribution in [2.24, 2.45) is 5.92 Å². The summed E-state index contributed by atoms with van der Waals surface area (Å²) in [6.07, 6.45) is 1.97. The Morgan fingerprint density at radius 3 is 2.70 bits per heavy atom. The van der Waals surface area contributed by atoms with Gasteiger partial charge in [-0.25, -0.2) is 9.78 Å². The number of fused-ring (bicyclic) bond motifs is 1. The van der Waals surface area contributed by atoms with Crippen molar-refractivity contribution in [1.29, 1.82) is 0 Å². The second-order valence-corrected chi connectivity index (χ2v) is 8.98. The molecule has 0 saturated heterocycles. The third kappa shape index (κ3) is 3.98. The Kier molecular flexibility index (Phi) is 5.40. The van der Waals surface area contributed by atoms with Crippen molar-refractivity contribution >= 4 is 32.9 Å². The summed E-state index contributed by atoms with van der Waals surface area (Å²) in [6, 6.07) is 5.24. The van der Waals surface area contributed by atoms with Gasteiger partial charge in [0.2, 0.25) is 0 Å². The van der Waals surface area contributed by atoms with E-state index >= 15 is 0 Å². The highest BCUT2D eigenvalue weighted by molar-refractivity contribution is 9.10. The van der Waals surface area contributed by atoms with Crippen molar-refractivity contribution in [3.8, 4) is 0 Å². The van der Waals surface area contributed by atoms with E-state index in [1.165, 1.54) is 9.47 Å². The third-order valence-electron chi connectivity index (χ3n) is 5.11. The first-order valence-corrected chi connectivity index (χ1v) is 10.7. The Morgan fingerprint density at radius 2 is 2.10 bits per heavy atom. The molecule has 0 aromatic carbocycles. The number of aromatic amines is 1. The van der Waals surface area contributed by atoms with Crippen molar-refractivity contribution in [2.45, 2.75) is 45.7 Å². The van der Waals surface area contributed by atoms with Crippen LogP contribution in [0.4, 0.5) is 0 Å². The van der Waals surface area contributed by atoms with E-state index in [9.17, 15) is 14.4 Å². The highest BCUT2D eigenvalue weighted by Crippen LogP contribution is 2.40. The normalized spacial score (nSPS) is 13.9. The smallest absolute Gasteiger partial charge is 0.330 e. The van der Waals surface area contributed by atoms with Crippen molar-refractivity contribution in [3.63, 3.8) is 0 Å². The number of H-pyrrole nitrogens is 1. The topological polar surface area (TPSA) is 101 Å². The SMILES string of the molecule is CC(C)Cn1c(=O)[nH]c(=O)c2c(C(=O)N(C)Cc3ccc(Br)o3)cc(C3CC3)nc21. The molecule has 3 aromatic rings. The molecular weight excluding hydrogens is 452 g/mol. The van der Waals surface area contributed by atoms with Gasteiger partial charge in [-0.05, 0) is 52.9 Å². The molecule has 0 aliphatic heterocycles. The molecule has 1 aliphatic rings. The van der Waals surface area contributed by atoms with Gasteiger partial charge in [0, 0.05) is 25.2 Å². The van der Waals surface area contributed by atoms with E-state index in [0.29, 0.717) is 17.0 Å². The van der Waals surface area contributed by atoms with E-state index in [0.717, 1.165) is 18.5 Å². The summed E-state index contributed by atoms with van der Waals surface area (Å²) in [6.45, 7) is 4.61. The zero-order chi connectivity index (χ0) is 21.6. The molecule has 1 amide bonds. The summed E-state index contributed by atoms with van der Waals surface area (Å²) < 4.78 is 7.55. The number of nitrogens with one attached hydrogen (secondary N) is 1. The van der Waals surface area contributed by atoms with Crippen LogP contribution in [0.5, 0.6) is 0 Å². The molecule has 30 heavy (non-hydrogen) atoms. The number of halogens is 1. The number of pyridine rings is 1. The van der Waals surface area contributed by atoms with Gasteiger partial charge in [0.25, 0.3) is 11.5 Å². The van der Waals surface area contributed by atoms with Crippen LogP contribution in [0.15, 0.2) is 36.9 Å². The Bertz CT molecular complexity index is 1240.